The van der Waals surface area contributed by atoms with Gasteiger partial charge in [0.15, 0.2) is 0 Å². The Labute approximate surface area is 116 Å². The van der Waals surface area contributed by atoms with Crippen molar-refractivity contribution in [3.8, 4) is 0 Å². The standard InChI is InChI=1S/C11H14ClFN2O3S/c1-2-19(17,18)15-6-5-14-11(16)8-3-4-10(13)9(12)7-8/h3-4,7,15H,2,5-6H2,1H3,(H,14,16). The van der Waals surface area contributed by atoms with Gasteiger partial charge in [0.2, 0.25) is 10.0 Å². The zero-order chi connectivity index (χ0) is 14.5. The molecule has 1 rings (SSSR count). The molecule has 0 radical (unpaired) electrons. The fourth-order valence-corrected chi connectivity index (χ4v) is 2.02. The van der Waals surface area contributed by atoms with E-state index in [0.717, 1.165) is 6.07 Å². The average Bonchev–Trinajstić information content (AvgIpc) is 2.37. The summed E-state index contributed by atoms with van der Waals surface area (Å²) in [5.41, 5.74) is 0.213. The summed E-state index contributed by atoms with van der Waals surface area (Å²) >= 11 is 5.55. The van der Waals surface area contributed by atoms with E-state index in [1.807, 2.05) is 0 Å². The molecule has 0 heterocycles. The molecule has 0 fully saturated rings. The van der Waals surface area contributed by atoms with Gasteiger partial charge >= 0.3 is 0 Å². The fourth-order valence-electron chi connectivity index (χ4n) is 1.22. The van der Waals surface area contributed by atoms with Crippen LogP contribution in [0.2, 0.25) is 5.02 Å². The van der Waals surface area contributed by atoms with Crippen LogP contribution in [0.25, 0.3) is 0 Å². The molecule has 1 amide bonds. The highest BCUT2D eigenvalue weighted by atomic mass is 35.5. The van der Waals surface area contributed by atoms with Crippen molar-refractivity contribution in [1.29, 1.82) is 0 Å². The normalized spacial score (nSPS) is 11.3. The Morgan fingerprint density at radius 3 is 2.63 bits per heavy atom. The van der Waals surface area contributed by atoms with Gasteiger partial charge in [-0.3, -0.25) is 4.79 Å². The van der Waals surface area contributed by atoms with Crippen molar-refractivity contribution in [2.45, 2.75) is 6.92 Å². The summed E-state index contributed by atoms with van der Waals surface area (Å²) in [6.07, 6.45) is 0. The molecule has 0 atom stereocenters. The highest BCUT2D eigenvalue weighted by Gasteiger charge is 2.09. The smallest absolute Gasteiger partial charge is 0.251 e. The Bertz CT molecular complexity index is 563. The first-order chi connectivity index (χ1) is 8.85. The van der Waals surface area contributed by atoms with Crippen molar-refractivity contribution in [3.63, 3.8) is 0 Å². The Morgan fingerprint density at radius 2 is 2.05 bits per heavy atom. The number of benzene rings is 1. The van der Waals surface area contributed by atoms with Gasteiger partial charge in [-0.2, -0.15) is 0 Å². The van der Waals surface area contributed by atoms with Crippen molar-refractivity contribution in [1.82, 2.24) is 10.0 Å². The number of sulfonamides is 1. The first-order valence-electron chi connectivity index (χ1n) is 5.56. The molecule has 2 N–H and O–H groups in total. The Balaban J connectivity index is 2.46. The van der Waals surface area contributed by atoms with Crippen molar-refractivity contribution < 1.29 is 17.6 Å². The second kappa shape index (κ2) is 6.83. The third kappa shape index (κ3) is 5.14. The molecule has 1 aromatic carbocycles. The molecular weight excluding hydrogens is 295 g/mol. The van der Waals surface area contributed by atoms with Crippen LogP contribution in [-0.2, 0) is 10.0 Å². The highest BCUT2D eigenvalue weighted by Crippen LogP contribution is 2.15. The maximum Gasteiger partial charge on any atom is 0.251 e. The zero-order valence-corrected chi connectivity index (χ0v) is 11.8. The van der Waals surface area contributed by atoms with Crippen LogP contribution >= 0.6 is 11.6 Å². The van der Waals surface area contributed by atoms with Gasteiger partial charge < -0.3 is 5.32 Å². The monoisotopic (exact) mass is 308 g/mol. The third-order valence-electron chi connectivity index (χ3n) is 2.29. The second-order valence-electron chi connectivity index (χ2n) is 3.68. The van der Waals surface area contributed by atoms with Crippen molar-refractivity contribution in [3.05, 3.63) is 34.6 Å². The molecule has 0 aliphatic heterocycles. The van der Waals surface area contributed by atoms with Crippen molar-refractivity contribution in [2.75, 3.05) is 18.8 Å². The summed E-state index contributed by atoms with van der Waals surface area (Å²) in [7, 11) is -3.27. The topological polar surface area (TPSA) is 75.3 Å². The summed E-state index contributed by atoms with van der Waals surface area (Å²) in [4.78, 5) is 11.6. The fraction of sp³-hybridized carbons (Fsp3) is 0.364. The number of halogens is 2. The molecule has 0 saturated carbocycles. The van der Waals surface area contributed by atoms with Gasteiger partial charge in [-0.15, -0.1) is 0 Å². The van der Waals surface area contributed by atoms with Crippen LogP contribution < -0.4 is 10.0 Å². The van der Waals surface area contributed by atoms with Gasteiger partial charge in [0, 0.05) is 18.7 Å². The van der Waals surface area contributed by atoms with E-state index in [1.165, 1.54) is 19.1 Å². The summed E-state index contributed by atoms with van der Waals surface area (Å²) < 4.78 is 37.4. The van der Waals surface area contributed by atoms with Crippen LogP contribution in [-0.4, -0.2) is 33.2 Å². The van der Waals surface area contributed by atoms with Gasteiger partial charge in [0.1, 0.15) is 5.82 Å². The molecule has 0 spiro atoms. The number of rotatable bonds is 6. The number of carbonyl (C=O) groups is 1. The first kappa shape index (κ1) is 15.9. The quantitative estimate of drug-likeness (QED) is 0.774. The molecule has 0 unspecified atom stereocenters. The maximum absolute atomic E-state index is 12.9. The number of hydrogen-bond acceptors (Lipinski definition) is 3. The highest BCUT2D eigenvalue weighted by molar-refractivity contribution is 7.89. The summed E-state index contributed by atoms with van der Waals surface area (Å²) in [6, 6.07) is 3.60. The molecule has 0 saturated heterocycles. The molecule has 8 heteroatoms. The van der Waals surface area contributed by atoms with E-state index in [0.29, 0.717) is 0 Å². The van der Waals surface area contributed by atoms with Crippen LogP contribution in [0, 0.1) is 5.82 Å². The summed E-state index contributed by atoms with van der Waals surface area (Å²) in [5.74, 6) is -1.07. The Hall–Kier alpha value is -1.18. The molecule has 5 nitrogen and oxygen atoms in total. The number of hydrogen-bond donors (Lipinski definition) is 2. The van der Waals surface area contributed by atoms with E-state index < -0.39 is 21.7 Å². The molecule has 106 valence electrons. The largest absolute Gasteiger partial charge is 0.351 e. The molecule has 0 bridgehead atoms. The van der Waals surface area contributed by atoms with Gasteiger partial charge in [-0.1, -0.05) is 11.6 Å². The van der Waals surface area contributed by atoms with Crippen LogP contribution in [0.4, 0.5) is 4.39 Å². The van der Waals surface area contributed by atoms with Crippen molar-refractivity contribution >= 4 is 27.5 Å². The SMILES string of the molecule is CCS(=O)(=O)NCCNC(=O)c1ccc(F)c(Cl)c1. The van der Waals surface area contributed by atoms with E-state index in [2.05, 4.69) is 10.0 Å². The van der Waals surface area contributed by atoms with Gasteiger partial charge in [0.25, 0.3) is 5.91 Å². The predicted molar refractivity (Wildman–Crippen MR) is 71.2 cm³/mol. The van der Waals surface area contributed by atoms with Crippen LogP contribution in [0.5, 0.6) is 0 Å². The van der Waals surface area contributed by atoms with E-state index in [4.69, 9.17) is 11.6 Å². The lowest BCUT2D eigenvalue weighted by molar-refractivity contribution is 0.0954. The lowest BCUT2D eigenvalue weighted by atomic mass is 10.2. The van der Waals surface area contributed by atoms with E-state index >= 15 is 0 Å². The van der Waals surface area contributed by atoms with Crippen LogP contribution in [0.1, 0.15) is 17.3 Å². The van der Waals surface area contributed by atoms with Gasteiger partial charge in [-0.05, 0) is 25.1 Å². The number of amides is 1. The molecule has 0 aliphatic rings. The van der Waals surface area contributed by atoms with E-state index in [-0.39, 0.29) is 29.4 Å². The first-order valence-corrected chi connectivity index (χ1v) is 7.59. The minimum atomic E-state index is -3.27. The number of nitrogens with one attached hydrogen (secondary N) is 2. The van der Waals surface area contributed by atoms with Crippen molar-refractivity contribution in [2.24, 2.45) is 0 Å². The minimum absolute atomic E-state index is 0.0193. The Morgan fingerprint density at radius 1 is 1.37 bits per heavy atom. The molecule has 0 aromatic heterocycles. The van der Waals surface area contributed by atoms with E-state index in [1.54, 1.807) is 0 Å². The Kier molecular flexibility index (Phi) is 5.71. The molecule has 19 heavy (non-hydrogen) atoms. The second-order valence-corrected chi connectivity index (χ2v) is 6.19. The summed E-state index contributed by atoms with van der Waals surface area (Å²) in [6.45, 7) is 1.74. The molecular formula is C11H14ClFN2O3S. The average molecular weight is 309 g/mol. The third-order valence-corrected chi connectivity index (χ3v) is 3.99. The van der Waals surface area contributed by atoms with Crippen LogP contribution in [0.3, 0.4) is 0 Å². The predicted octanol–water partition coefficient (Wildman–Crippen LogP) is 1.15. The lowest BCUT2D eigenvalue weighted by Gasteiger charge is -2.07. The van der Waals surface area contributed by atoms with Gasteiger partial charge in [0.05, 0.1) is 10.8 Å². The minimum Gasteiger partial charge on any atom is -0.351 e. The zero-order valence-electron chi connectivity index (χ0n) is 10.2. The molecule has 0 aliphatic carbocycles. The van der Waals surface area contributed by atoms with E-state index in [9.17, 15) is 17.6 Å². The molecule has 1 aromatic rings. The number of carbonyl (C=O) groups excluding carboxylic acids is 1. The maximum atomic E-state index is 12.9. The van der Waals surface area contributed by atoms with Crippen LogP contribution in [0.15, 0.2) is 18.2 Å². The lowest BCUT2D eigenvalue weighted by Crippen LogP contribution is -2.35. The van der Waals surface area contributed by atoms with Gasteiger partial charge in [-0.25, -0.2) is 17.5 Å². The summed E-state index contributed by atoms with van der Waals surface area (Å²) in [5, 5.41) is 2.36.